The molecule has 0 saturated carbocycles. The molecule has 0 bridgehead atoms. The second-order valence-corrected chi connectivity index (χ2v) is 9.17. The summed E-state index contributed by atoms with van der Waals surface area (Å²) in [6, 6.07) is 17.3. The van der Waals surface area contributed by atoms with Crippen LogP contribution in [0.4, 0.5) is 10.5 Å². The van der Waals surface area contributed by atoms with Crippen molar-refractivity contribution in [1.29, 1.82) is 0 Å². The van der Waals surface area contributed by atoms with Crippen LogP contribution in [0.25, 0.3) is 17.4 Å². The first-order valence-corrected chi connectivity index (χ1v) is 11.2. The van der Waals surface area contributed by atoms with Crippen molar-refractivity contribution in [3.05, 3.63) is 76.9 Å². The summed E-state index contributed by atoms with van der Waals surface area (Å²) in [5.74, 6) is 1.56. The van der Waals surface area contributed by atoms with Crippen LogP contribution in [0.5, 0.6) is 0 Å². The van der Waals surface area contributed by atoms with Crippen molar-refractivity contribution in [2.24, 2.45) is 10.1 Å². The van der Waals surface area contributed by atoms with E-state index in [2.05, 4.69) is 10.3 Å². The molecule has 3 N–H and O–H groups in total. The number of thioether (sulfide) groups is 1. The largest absolute Gasteiger partial charge is 0.457 e. The van der Waals surface area contributed by atoms with Gasteiger partial charge in [-0.3, -0.25) is 4.79 Å². The molecule has 2 aromatic carbocycles. The van der Waals surface area contributed by atoms with E-state index >= 15 is 0 Å². The van der Waals surface area contributed by atoms with Crippen LogP contribution in [-0.4, -0.2) is 19.5 Å². The summed E-state index contributed by atoms with van der Waals surface area (Å²) in [4.78, 5) is 17.1. The molecule has 1 aliphatic rings. The molecule has 1 fully saturated rings. The first-order chi connectivity index (χ1) is 14.3. The van der Waals surface area contributed by atoms with Gasteiger partial charge in [0.25, 0.3) is 5.24 Å². The van der Waals surface area contributed by atoms with Crippen LogP contribution < -0.4 is 10.5 Å². The maximum atomic E-state index is 11.9. The van der Waals surface area contributed by atoms with E-state index in [4.69, 9.17) is 9.56 Å². The van der Waals surface area contributed by atoms with E-state index in [0.29, 0.717) is 27.8 Å². The predicted octanol–water partition coefficient (Wildman–Crippen LogP) is 4.43. The number of primary sulfonamides is 1. The predicted molar refractivity (Wildman–Crippen MR) is 118 cm³/mol. The third-order valence-corrected chi connectivity index (χ3v) is 6.05. The van der Waals surface area contributed by atoms with Crippen molar-refractivity contribution in [3.8, 4) is 11.3 Å². The van der Waals surface area contributed by atoms with Crippen LogP contribution in [0.3, 0.4) is 0 Å². The van der Waals surface area contributed by atoms with Crippen LogP contribution in [0, 0.1) is 6.92 Å². The number of amides is 1. The summed E-state index contributed by atoms with van der Waals surface area (Å²) in [5.41, 5.74) is 2.56. The second-order valence-electron chi connectivity index (χ2n) is 6.59. The smallest absolute Gasteiger partial charge is 0.289 e. The van der Waals surface area contributed by atoms with Gasteiger partial charge in [0.2, 0.25) is 10.0 Å². The molecule has 30 heavy (non-hydrogen) atoms. The van der Waals surface area contributed by atoms with E-state index in [1.54, 1.807) is 30.3 Å². The fourth-order valence-electron chi connectivity index (χ4n) is 2.78. The Labute approximate surface area is 177 Å². The fraction of sp³-hybridized carbons (Fsp3) is 0.0476. The summed E-state index contributed by atoms with van der Waals surface area (Å²) in [5, 5.41) is 7.65. The van der Waals surface area contributed by atoms with Gasteiger partial charge in [0.1, 0.15) is 17.4 Å². The Balaban J connectivity index is 1.60. The molecular formula is C21H17N3O4S2. The maximum absolute atomic E-state index is 11.9. The van der Waals surface area contributed by atoms with E-state index in [1.165, 1.54) is 12.1 Å². The lowest BCUT2D eigenvalue weighted by Crippen LogP contribution is -2.18. The van der Waals surface area contributed by atoms with E-state index in [-0.39, 0.29) is 10.1 Å². The van der Waals surface area contributed by atoms with Crippen LogP contribution in [0.15, 0.2) is 79.9 Å². The number of amidine groups is 1. The minimum Gasteiger partial charge on any atom is -0.457 e. The molecule has 152 valence electrons. The molecule has 0 unspecified atom stereocenters. The Morgan fingerprint density at radius 1 is 1.03 bits per heavy atom. The number of nitrogens with one attached hydrogen (secondary N) is 1. The minimum atomic E-state index is -3.75. The zero-order valence-corrected chi connectivity index (χ0v) is 17.5. The Bertz CT molecular complexity index is 1270. The van der Waals surface area contributed by atoms with Gasteiger partial charge in [-0.05, 0) is 73.3 Å². The molecule has 1 aromatic heterocycles. The monoisotopic (exact) mass is 439 g/mol. The van der Waals surface area contributed by atoms with E-state index < -0.39 is 10.0 Å². The quantitative estimate of drug-likeness (QED) is 0.624. The van der Waals surface area contributed by atoms with Gasteiger partial charge in [0.15, 0.2) is 0 Å². The average Bonchev–Trinajstić information content (AvgIpc) is 3.30. The highest BCUT2D eigenvalue weighted by Crippen LogP contribution is 2.30. The Hall–Kier alpha value is -3.14. The molecule has 1 amide bonds. The average molecular weight is 440 g/mol. The number of nitrogens with two attached hydrogens (primary N) is 1. The molecule has 2 heterocycles. The Morgan fingerprint density at radius 2 is 1.73 bits per heavy atom. The van der Waals surface area contributed by atoms with E-state index in [1.807, 2.05) is 31.2 Å². The highest BCUT2D eigenvalue weighted by molar-refractivity contribution is 8.18. The Morgan fingerprint density at radius 3 is 2.40 bits per heavy atom. The number of nitrogens with zero attached hydrogens (tertiary/aromatic N) is 1. The highest BCUT2D eigenvalue weighted by Gasteiger charge is 2.24. The number of hydrogen-bond donors (Lipinski definition) is 2. The van der Waals surface area contributed by atoms with Gasteiger partial charge in [-0.25, -0.2) is 18.5 Å². The normalized spacial score (nSPS) is 16.9. The minimum absolute atomic E-state index is 0.0315. The number of benzene rings is 2. The highest BCUT2D eigenvalue weighted by atomic mass is 32.2. The third kappa shape index (κ3) is 4.54. The lowest BCUT2D eigenvalue weighted by Gasteiger charge is -2.01. The molecule has 4 rings (SSSR count). The first kappa shape index (κ1) is 20.1. The number of carbonyl (C=O) groups excluding carboxylic acids is 1. The van der Waals surface area contributed by atoms with Gasteiger partial charge in [0, 0.05) is 5.56 Å². The van der Waals surface area contributed by atoms with Crippen LogP contribution in [0.1, 0.15) is 11.3 Å². The molecule has 3 aromatic rings. The second kappa shape index (κ2) is 7.94. The zero-order chi connectivity index (χ0) is 21.3. The molecule has 0 atom stereocenters. The summed E-state index contributed by atoms with van der Waals surface area (Å²) in [6.45, 7) is 1.99. The SMILES string of the molecule is Cc1ccc(N=C2NC(=O)S/C2=C\c2ccc(-c3ccc(S(N)(=O)=O)cc3)o2)cc1. The lowest BCUT2D eigenvalue weighted by molar-refractivity contribution is 0.265. The number of furan rings is 1. The molecule has 0 spiro atoms. The van der Waals surface area contributed by atoms with Gasteiger partial charge in [-0.1, -0.05) is 17.7 Å². The zero-order valence-electron chi connectivity index (χ0n) is 15.8. The number of rotatable bonds is 4. The van der Waals surface area contributed by atoms with Crippen molar-refractivity contribution < 1.29 is 17.6 Å². The third-order valence-electron chi connectivity index (χ3n) is 4.30. The summed E-state index contributed by atoms with van der Waals surface area (Å²) < 4.78 is 28.6. The van der Waals surface area contributed by atoms with Crippen LogP contribution in [-0.2, 0) is 10.0 Å². The fourth-order valence-corrected chi connectivity index (χ4v) is 4.02. The molecule has 7 nitrogen and oxygen atoms in total. The lowest BCUT2D eigenvalue weighted by atomic mass is 10.2. The van der Waals surface area contributed by atoms with Crippen molar-refractivity contribution in [2.45, 2.75) is 11.8 Å². The van der Waals surface area contributed by atoms with E-state index in [0.717, 1.165) is 23.0 Å². The number of aryl methyl sites for hydroxylation is 1. The van der Waals surface area contributed by atoms with Gasteiger partial charge in [-0.2, -0.15) is 0 Å². The topological polar surface area (TPSA) is 115 Å². The summed E-state index contributed by atoms with van der Waals surface area (Å²) in [7, 11) is -3.75. The van der Waals surface area contributed by atoms with Gasteiger partial charge < -0.3 is 9.73 Å². The van der Waals surface area contributed by atoms with Crippen LogP contribution in [0.2, 0.25) is 0 Å². The summed E-state index contributed by atoms with van der Waals surface area (Å²) >= 11 is 1.04. The van der Waals surface area contributed by atoms with Crippen molar-refractivity contribution in [3.63, 3.8) is 0 Å². The molecule has 0 radical (unpaired) electrons. The van der Waals surface area contributed by atoms with Gasteiger partial charge >= 0.3 is 0 Å². The molecule has 1 aliphatic heterocycles. The van der Waals surface area contributed by atoms with Crippen molar-refractivity contribution >= 4 is 44.6 Å². The number of carbonyl (C=O) groups is 1. The first-order valence-electron chi connectivity index (χ1n) is 8.87. The van der Waals surface area contributed by atoms with E-state index in [9.17, 15) is 13.2 Å². The van der Waals surface area contributed by atoms with Gasteiger partial charge in [-0.15, -0.1) is 0 Å². The molecule has 1 saturated heterocycles. The number of aliphatic imine (C=N–C) groups is 1. The number of sulfonamides is 1. The van der Waals surface area contributed by atoms with Crippen LogP contribution >= 0.6 is 11.8 Å². The van der Waals surface area contributed by atoms with Crippen molar-refractivity contribution in [1.82, 2.24) is 5.32 Å². The Kier molecular flexibility index (Phi) is 5.33. The molecule has 0 aliphatic carbocycles. The maximum Gasteiger partial charge on any atom is 0.289 e. The summed E-state index contributed by atoms with van der Waals surface area (Å²) in [6.07, 6.45) is 1.73. The standard InChI is InChI=1S/C21H17N3O4S2/c1-13-2-6-15(7-3-13)23-20-19(29-21(25)24-20)12-16-8-11-18(28-16)14-4-9-17(10-5-14)30(22,26)27/h2-12H,1H3,(H2,22,26,27)(H,23,24,25)/b19-12-. The van der Waals surface area contributed by atoms with Gasteiger partial charge in [0.05, 0.1) is 15.5 Å². The molecular weight excluding hydrogens is 422 g/mol. The van der Waals surface area contributed by atoms with Crippen molar-refractivity contribution in [2.75, 3.05) is 0 Å². The number of hydrogen-bond acceptors (Lipinski definition) is 6. The molecule has 9 heteroatoms.